The summed E-state index contributed by atoms with van der Waals surface area (Å²) >= 11 is 11.9. The predicted octanol–water partition coefficient (Wildman–Crippen LogP) is 4.19. The van der Waals surface area contributed by atoms with Crippen LogP contribution < -0.4 is 5.32 Å². The number of hydrogen-bond donors (Lipinski definition) is 2. The van der Waals surface area contributed by atoms with Gasteiger partial charge in [0.1, 0.15) is 0 Å². The first-order valence-electron chi connectivity index (χ1n) is 5.99. The van der Waals surface area contributed by atoms with Gasteiger partial charge >= 0.3 is 0 Å². The molecule has 1 aromatic carbocycles. The molecule has 0 saturated heterocycles. The van der Waals surface area contributed by atoms with Gasteiger partial charge in [-0.25, -0.2) is 0 Å². The number of aliphatic hydroxyl groups is 1. The zero-order valence-corrected chi connectivity index (χ0v) is 13.0. The van der Waals surface area contributed by atoms with Crippen molar-refractivity contribution in [1.29, 1.82) is 0 Å². The van der Waals surface area contributed by atoms with Gasteiger partial charge in [-0.3, -0.25) is 0 Å². The Morgan fingerprint density at radius 1 is 1.11 bits per heavy atom. The summed E-state index contributed by atoms with van der Waals surface area (Å²) in [7, 11) is 0. The molecule has 0 fully saturated rings. The highest BCUT2D eigenvalue weighted by Crippen LogP contribution is 2.28. The number of rotatable bonds is 4. The smallest absolute Gasteiger partial charge is 0.0767 e. The van der Waals surface area contributed by atoms with Crippen LogP contribution >= 0.6 is 23.2 Å². The molecule has 0 aliphatic carbocycles. The van der Waals surface area contributed by atoms with E-state index in [0.717, 1.165) is 5.56 Å². The van der Waals surface area contributed by atoms with Crippen molar-refractivity contribution in [3.8, 4) is 0 Å². The van der Waals surface area contributed by atoms with Crippen LogP contribution in [0, 0.1) is 0 Å². The first kappa shape index (κ1) is 15.8. The molecule has 1 atom stereocenters. The standard InChI is InChI=1S/C14H21Cl2NO/c1-9(17-13(2,3)14(4,5)18)10-6-7-11(15)12(16)8-10/h6-9,17-18H,1-5H3. The third kappa shape index (κ3) is 3.61. The summed E-state index contributed by atoms with van der Waals surface area (Å²) < 4.78 is 0. The molecule has 102 valence electrons. The van der Waals surface area contributed by atoms with Gasteiger partial charge < -0.3 is 10.4 Å². The Hall–Kier alpha value is -0.280. The summed E-state index contributed by atoms with van der Waals surface area (Å²) in [6, 6.07) is 5.64. The molecule has 0 radical (unpaired) electrons. The largest absolute Gasteiger partial charge is 0.389 e. The van der Waals surface area contributed by atoms with E-state index in [1.165, 1.54) is 0 Å². The van der Waals surface area contributed by atoms with Crippen LogP contribution in [0.25, 0.3) is 0 Å². The van der Waals surface area contributed by atoms with Crippen LogP contribution in [0.15, 0.2) is 18.2 Å². The summed E-state index contributed by atoms with van der Waals surface area (Å²) in [4.78, 5) is 0. The second kappa shape index (κ2) is 5.38. The summed E-state index contributed by atoms with van der Waals surface area (Å²) in [5.41, 5.74) is -0.197. The normalized spacial score (nSPS) is 14.7. The van der Waals surface area contributed by atoms with E-state index in [9.17, 15) is 5.11 Å². The van der Waals surface area contributed by atoms with Gasteiger partial charge in [0.05, 0.1) is 15.6 Å². The van der Waals surface area contributed by atoms with E-state index < -0.39 is 11.1 Å². The molecule has 0 aliphatic heterocycles. The molecule has 0 heterocycles. The van der Waals surface area contributed by atoms with Gasteiger partial charge in [-0.2, -0.15) is 0 Å². The highest BCUT2D eigenvalue weighted by atomic mass is 35.5. The fourth-order valence-corrected chi connectivity index (χ4v) is 1.89. The minimum atomic E-state index is -0.822. The molecule has 2 N–H and O–H groups in total. The lowest BCUT2D eigenvalue weighted by Gasteiger charge is -2.40. The Balaban J connectivity index is 2.89. The van der Waals surface area contributed by atoms with Crippen LogP contribution in [0.2, 0.25) is 10.0 Å². The molecule has 18 heavy (non-hydrogen) atoms. The third-order valence-electron chi connectivity index (χ3n) is 3.55. The Bertz CT molecular complexity index is 424. The van der Waals surface area contributed by atoms with Crippen molar-refractivity contribution in [2.24, 2.45) is 0 Å². The SMILES string of the molecule is CC(NC(C)(C)C(C)(C)O)c1ccc(Cl)c(Cl)c1. The van der Waals surface area contributed by atoms with Crippen LogP contribution in [-0.2, 0) is 0 Å². The maximum Gasteiger partial charge on any atom is 0.0767 e. The maximum atomic E-state index is 10.1. The molecule has 0 spiro atoms. The summed E-state index contributed by atoms with van der Waals surface area (Å²) in [6.45, 7) is 9.57. The van der Waals surface area contributed by atoms with Gasteiger partial charge in [-0.1, -0.05) is 29.3 Å². The van der Waals surface area contributed by atoms with Crippen LogP contribution in [0.4, 0.5) is 0 Å². The van der Waals surface area contributed by atoms with E-state index in [4.69, 9.17) is 23.2 Å². The Morgan fingerprint density at radius 2 is 1.67 bits per heavy atom. The summed E-state index contributed by atoms with van der Waals surface area (Å²) in [5.74, 6) is 0. The number of nitrogens with one attached hydrogen (secondary N) is 1. The van der Waals surface area contributed by atoms with Crippen molar-refractivity contribution >= 4 is 23.2 Å². The van der Waals surface area contributed by atoms with Crippen molar-refractivity contribution in [2.75, 3.05) is 0 Å². The molecular weight excluding hydrogens is 269 g/mol. The van der Waals surface area contributed by atoms with Gasteiger partial charge in [0.25, 0.3) is 0 Å². The van der Waals surface area contributed by atoms with Crippen LogP contribution in [0.3, 0.4) is 0 Å². The molecule has 1 aromatic rings. The average molecular weight is 290 g/mol. The molecule has 0 aromatic heterocycles. The van der Waals surface area contributed by atoms with Crippen molar-refractivity contribution < 1.29 is 5.11 Å². The highest BCUT2D eigenvalue weighted by Gasteiger charge is 2.35. The highest BCUT2D eigenvalue weighted by molar-refractivity contribution is 6.42. The van der Waals surface area contributed by atoms with E-state index in [2.05, 4.69) is 5.32 Å². The van der Waals surface area contributed by atoms with Gasteiger partial charge in [-0.15, -0.1) is 0 Å². The molecular formula is C14H21Cl2NO. The topological polar surface area (TPSA) is 32.3 Å². The van der Waals surface area contributed by atoms with Crippen molar-refractivity contribution in [1.82, 2.24) is 5.32 Å². The molecule has 1 unspecified atom stereocenters. The first-order chi connectivity index (χ1) is 8.04. The Labute approximate surface area is 119 Å². The molecule has 0 aliphatic rings. The fourth-order valence-electron chi connectivity index (χ4n) is 1.58. The molecule has 0 amide bonds. The molecule has 2 nitrogen and oxygen atoms in total. The Kier molecular flexibility index (Phi) is 4.71. The van der Waals surface area contributed by atoms with Crippen LogP contribution in [0.1, 0.15) is 46.2 Å². The monoisotopic (exact) mass is 289 g/mol. The van der Waals surface area contributed by atoms with Crippen molar-refractivity contribution in [3.05, 3.63) is 33.8 Å². The van der Waals surface area contributed by atoms with Gasteiger partial charge in [-0.05, 0) is 52.3 Å². The van der Waals surface area contributed by atoms with Gasteiger partial charge in [0, 0.05) is 11.6 Å². The number of benzene rings is 1. The Morgan fingerprint density at radius 3 is 2.11 bits per heavy atom. The van der Waals surface area contributed by atoms with E-state index in [1.807, 2.05) is 32.9 Å². The summed E-state index contributed by atoms with van der Waals surface area (Å²) in [5, 5.41) is 14.6. The van der Waals surface area contributed by atoms with E-state index in [1.54, 1.807) is 19.9 Å². The van der Waals surface area contributed by atoms with Crippen LogP contribution in [0.5, 0.6) is 0 Å². The molecule has 1 rings (SSSR count). The van der Waals surface area contributed by atoms with Gasteiger partial charge in [0.2, 0.25) is 0 Å². The lowest BCUT2D eigenvalue weighted by Crippen LogP contribution is -2.56. The van der Waals surface area contributed by atoms with E-state index in [-0.39, 0.29) is 6.04 Å². The van der Waals surface area contributed by atoms with Crippen LogP contribution in [-0.4, -0.2) is 16.2 Å². The fraction of sp³-hybridized carbons (Fsp3) is 0.571. The molecule has 4 heteroatoms. The van der Waals surface area contributed by atoms with Crippen molar-refractivity contribution in [3.63, 3.8) is 0 Å². The molecule has 0 bridgehead atoms. The summed E-state index contributed by atoms with van der Waals surface area (Å²) in [6.07, 6.45) is 0. The zero-order valence-electron chi connectivity index (χ0n) is 11.5. The lowest BCUT2D eigenvalue weighted by molar-refractivity contribution is -0.00922. The molecule has 0 saturated carbocycles. The second-order valence-corrected chi connectivity index (χ2v) is 6.54. The van der Waals surface area contributed by atoms with E-state index >= 15 is 0 Å². The van der Waals surface area contributed by atoms with E-state index in [0.29, 0.717) is 10.0 Å². The van der Waals surface area contributed by atoms with Gasteiger partial charge in [0.15, 0.2) is 0 Å². The third-order valence-corrected chi connectivity index (χ3v) is 4.29. The average Bonchev–Trinajstić information content (AvgIpc) is 2.19. The van der Waals surface area contributed by atoms with Crippen molar-refractivity contribution in [2.45, 2.75) is 51.8 Å². The first-order valence-corrected chi connectivity index (χ1v) is 6.75. The number of hydrogen-bond acceptors (Lipinski definition) is 2. The quantitative estimate of drug-likeness (QED) is 0.871. The predicted molar refractivity (Wildman–Crippen MR) is 78.4 cm³/mol. The maximum absolute atomic E-state index is 10.1. The minimum absolute atomic E-state index is 0.0705. The second-order valence-electron chi connectivity index (χ2n) is 5.72. The lowest BCUT2D eigenvalue weighted by atomic mass is 9.85. The zero-order chi connectivity index (χ0) is 14.1. The minimum Gasteiger partial charge on any atom is -0.389 e. The number of halogens is 2.